The molecule has 0 N–H and O–H groups in total. The van der Waals surface area contributed by atoms with E-state index in [1.54, 1.807) is 6.07 Å². The normalized spacial score (nSPS) is 13.4. The number of furan rings is 1. The Morgan fingerprint density at radius 2 is 0.857 bits per heavy atom. The minimum Gasteiger partial charge on any atom is -0.455 e. The minimum absolute atomic E-state index is 0.0130. The second kappa shape index (κ2) is 11.1. The first kappa shape index (κ1) is 22.2. The maximum absolute atomic E-state index is 9.71. The van der Waals surface area contributed by atoms with Crippen LogP contribution in [-0.4, -0.2) is 0 Å². The monoisotopic (exact) mass is 628 g/mol. The molecule has 0 unspecified atom stereocenters. The van der Waals surface area contributed by atoms with Crippen molar-refractivity contribution in [3.63, 3.8) is 0 Å². The first-order chi connectivity index (χ1) is 26.8. The Labute approximate surface area is 292 Å². The van der Waals surface area contributed by atoms with E-state index in [9.17, 15) is 8.22 Å². The number of para-hydroxylation sites is 1. The van der Waals surface area contributed by atoms with Gasteiger partial charge in [-0.05, 0) is 89.4 Å². The average Bonchev–Trinajstić information content (AvgIpc) is 3.61. The number of rotatable bonds is 4. The molecule has 0 aliphatic rings. The third-order valence-corrected chi connectivity index (χ3v) is 9.50. The molecule has 0 amide bonds. The van der Waals surface area contributed by atoms with E-state index >= 15 is 0 Å². The second-order valence-corrected chi connectivity index (χ2v) is 12.3. The zero-order chi connectivity index (χ0) is 37.5. The molecular weight excluding hydrogens is 593 g/mol. The molecule has 0 spiro atoms. The summed E-state index contributed by atoms with van der Waals surface area (Å²) in [5, 5.41) is 5.04. The van der Waals surface area contributed by atoms with Gasteiger partial charge in [0.15, 0.2) is 0 Å². The lowest BCUT2D eigenvalue weighted by atomic mass is 9.85. The van der Waals surface area contributed by atoms with Crippen LogP contribution < -0.4 is 0 Å². The van der Waals surface area contributed by atoms with Crippen molar-refractivity contribution in [2.45, 2.75) is 0 Å². The van der Waals surface area contributed by atoms with Crippen LogP contribution >= 0.6 is 0 Å². The Morgan fingerprint density at radius 1 is 0.367 bits per heavy atom. The summed E-state index contributed by atoms with van der Waals surface area (Å²) in [7, 11) is 0. The van der Waals surface area contributed by atoms with E-state index < -0.39 is 0 Å². The summed E-state index contributed by atoms with van der Waals surface area (Å²) in [5.74, 6) is 0. The van der Waals surface area contributed by atoms with Gasteiger partial charge in [-0.3, -0.25) is 0 Å². The molecule has 1 heteroatoms. The summed E-state index contributed by atoms with van der Waals surface area (Å²) in [6, 6.07) is 46.1. The maximum atomic E-state index is 9.71. The standard InChI is InChI=1S/C48H30O/c1-3-13-31(14-4-1)38-22-11-23-43-47-37(21-12-24-44(47)49-48(38)43)35-27-25-34-30-36(28-26-33(34)29-35)46-41-19-9-7-17-39(41)45(32-15-5-2-6-16-32)40-18-8-10-20-42(40)46/h1-30H/i25D,26D,27D,28D,29D,30D. The van der Waals surface area contributed by atoms with Crippen LogP contribution in [0.5, 0.6) is 0 Å². The lowest BCUT2D eigenvalue weighted by Crippen LogP contribution is -1.90. The molecule has 9 aromatic carbocycles. The van der Waals surface area contributed by atoms with Crippen LogP contribution in [0.1, 0.15) is 8.22 Å². The summed E-state index contributed by atoms with van der Waals surface area (Å²) < 4.78 is 63.6. The quantitative estimate of drug-likeness (QED) is 0.177. The topological polar surface area (TPSA) is 13.1 Å². The van der Waals surface area contributed by atoms with Crippen LogP contribution in [0.4, 0.5) is 0 Å². The van der Waals surface area contributed by atoms with Crippen LogP contribution in [0.25, 0.3) is 98.8 Å². The fourth-order valence-corrected chi connectivity index (χ4v) is 7.35. The summed E-state index contributed by atoms with van der Waals surface area (Å²) in [5.41, 5.74) is 6.75. The van der Waals surface area contributed by atoms with Gasteiger partial charge in [0.25, 0.3) is 0 Å². The predicted molar refractivity (Wildman–Crippen MR) is 208 cm³/mol. The SMILES string of the molecule is [2H]c1c(-c2cccc3oc4c(-c5ccccc5)cccc4c23)c([2H])c2c([2H])c([2H])c(-c3c4ccccc4c(-c4ccccc4)c4ccccc34)c([2H])c2c1[2H]. The van der Waals surface area contributed by atoms with Gasteiger partial charge < -0.3 is 4.42 Å². The van der Waals surface area contributed by atoms with Gasteiger partial charge in [0, 0.05) is 16.3 Å². The van der Waals surface area contributed by atoms with Crippen LogP contribution in [0.15, 0.2) is 186 Å². The maximum Gasteiger partial charge on any atom is 0.143 e. The molecule has 10 rings (SSSR count). The Bertz CT molecular complexity index is 3150. The summed E-state index contributed by atoms with van der Waals surface area (Å²) in [6.07, 6.45) is 0. The number of fused-ring (bicyclic) bond motifs is 6. The molecule has 228 valence electrons. The highest BCUT2D eigenvalue weighted by atomic mass is 16.3. The van der Waals surface area contributed by atoms with E-state index in [0.717, 1.165) is 49.2 Å². The van der Waals surface area contributed by atoms with Crippen molar-refractivity contribution in [2.24, 2.45) is 0 Å². The first-order valence-corrected chi connectivity index (χ1v) is 16.4. The average molecular weight is 629 g/mol. The van der Waals surface area contributed by atoms with Gasteiger partial charge >= 0.3 is 0 Å². The van der Waals surface area contributed by atoms with Crippen LogP contribution in [0, 0.1) is 0 Å². The summed E-state index contributed by atoms with van der Waals surface area (Å²) in [4.78, 5) is 0. The predicted octanol–water partition coefficient (Wildman–Crippen LogP) is 13.7. The third-order valence-electron chi connectivity index (χ3n) is 9.50. The zero-order valence-electron chi connectivity index (χ0n) is 32.3. The highest BCUT2D eigenvalue weighted by Gasteiger charge is 2.18. The van der Waals surface area contributed by atoms with Gasteiger partial charge in [-0.25, -0.2) is 0 Å². The van der Waals surface area contributed by atoms with Crippen LogP contribution in [-0.2, 0) is 0 Å². The molecule has 1 nitrogen and oxygen atoms in total. The molecule has 0 radical (unpaired) electrons. The summed E-state index contributed by atoms with van der Waals surface area (Å²) in [6.45, 7) is 0. The smallest absolute Gasteiger partial charge is 0.143 e. The highest BCUT2D eigenvalue weighted by Crippen LogP contribution is 2.45. The van der Waals surface area contributed by atoms with Crippen LogP contribution in [0.3, 0.4) is 0 Å². The fraction of sp³-hybridized carbons (Fsp3) is 0. The molecule has 0 aliphatic carbocycles. The molecule has 0 saturated heterocycles. The van der Waals surface area contributed by atoms with Gasteiger partial charge in [-0.2, -0.15) is 0 Å². The molecule has 49 heavy (non-hydrogen) atoms. The fourth-order valence-electron chi connectivity index (χ4n) is 7.35. The number of benzene rings is 9. The van der Waals surface area contributed by atoms with E-state index in [-0.39, 0.29) is 58.2 Å². The number of hydrogen-bond donors (Lipinski definition) is 0. The molecule has 1 heterocycles. The van der Waals surface area contributed by atoms with Gasteiger partial charge in [-0.15, -0.1) is 0 Å². The Hall–Kier alpha value is -6.44. The van der Waals surface area contributed by atoms with Crippen molar-refractivity contribution < 1.29 is 12.6 Å². The lowest BCUT2D eigenvalue weighted by molar-refractivity contribution is 0.670. The van der Waals surface area contributed by atoms with Crippen LogP contribution in [0.2, 0.25) is 0 Å². The van der Waals surface area contributed by atoms with Gasteiger partial charge in [0.1, 0.15) is 11.2 Å². The zero-order valence-corrected chi connectivity index (χ0v) is 26.3. The molecular formula is C48H30O. The van der Waals surface area contributed by atoms with Crippen molar-refractivity contribution in [2.75, 3.05) is 0 Å². The van der Waals surface area contributed by atoms with E-state index in [1.165, 1.54) is 0 Å². The molecule has 0 aliphatic heterocycles. The van der Waals surface area contributed by atoms with E-state index in [4.69, 9.17) is 4.42 Å². The molecule has 1 aromatic heterocycles. The largest absolute Gasteiger partial charge is 0.455 e. The van der Waals surface area contributed by atoms with E-state index in [1.807, 2.05) is 127 Å². The Morgan fingerprint density at radius 3 is 1.51 bits per heavy atom. The van der Waals surface area contributed by atoms with E-state index in [0.29, 0.717) is 27.7 Å². The lowest BCUT2D eigenvalue weighted by Gasteiger charge is -2.18. The Balaban J connectivity index is 1.27. The van der Waals surface area contributed by atoms with Crippen molar-refractivity contribution >= 4 is 54.3 Å². The Kier molecular flexibility index (Phi) is 5.02. The second-order valence-electron chi connectivity index (χ2n) is 12.3. The first-order valence-electron chi connectivity index (χ1n) is 19.4. The molecule has 10 aromatic rings. The van der Waals surface area contributed by atoms with Crippen molar-refractivity contribution in [1.82, 2.24) is 0 Å². The van der Waals surface area contributed by atoms with Crippen molar-refractivity contribution in [1.29, 1.82) is 0 Å². The highest BCUT2D eigenvalue weighted by molar-refractivity contribution is 6.22. The molecule has 0 atom stereocenters. The van der Waals surface area contributed by atoms with E-state index in [2.05, 4.69) is 12.1 Å². The number of hydrogen-bond acceptors (Lipinski definition) is 1. The minimum atomic E-state index is -0.259. The van der Waals surface area contributed by atoms with Gasteiger partial charge in [-0.1, -0.05) is 164 Å². The van der Waals surface area contributed by atoms with Gasteiger partial charge in [0.05, 0.1) is 8.22 Å². The van der Waals surface area contributed by atoms with Crippen molar-refractivity contribution in [3.05, 3.63) is 182 Å². The molecule has 0 fully saturated rings. The molecule has 0 saturated carbocycles. The molecule has 0 bridgehead atoms. The van der Waals surface area contributed by atoms with Crippen molar-refractivity contribution in [3.8, 4) is 44.5 Å². The van der Waals surface area contributed by atoms with Gasteiger partial charge in [0.2, 0.25) is 0 Å². The summed E-state index contributed by atoms with van der Waals surface area (Å²) >= 11 is 0. The third kappa shape index (κ3) is 4.40.